The third kappa shape index (κ3) is 1.68. The number of halogens is 2. The number of fused-ring (bicyclic) bond motifs is 1. The first-order chi connectivity index (χ1) is 7.65. The van der Waals surface area contributed by atoms with Crippen molar-refractivity contribution in [2.24, 2.45) is 0 Å². The minimum Gasteiger partial charge on any atom is -0.496 e. The van der Waals surface area contributed by atoms with Gasteiger partial charge >= 0.3 is 0 Å². The van der Waals surface area contributed by atoms with Crippen molar-refractivity contribution in [1.82, 2.24) is 0 Å². The highest BCUT2D eigenvalue weighted by Crippen LogP contribution is 2.32. The molecule has 0 amide bonds. The summed E-state index contributed by atoms with van der Waals surface area (Å²) in [6, 6.07) is 1.01. The van der Waals surface area contributed by atoms with Crippen molar-refractivity contribution in [1.29, 1.82) is 0 Å². The lowest BCUT2D eigenvalue weighted by molar-refractivity contribution is 0.0977. The molecule has 1 aliphatic carbocycles. The molecule has 0 aromatic heterocycles. The maximum Gasteiger partial charge on any atom is 0.170 e. The van der Waals surface area contributed by atoms with Gasteiger partial charge in [-0.25, -0.2) is 8.78 Å². The van der Waals surface area contributed by atoms with Crippen LogP contribution in [0, 0.1) is 11.6 Å². The SMILES string of the molecule is COc1cc(F)c(F)c2c1CCCCC2=O. The molecule has 1 aliphatic rings. The Labute approximate surface area is 92.2 Å². The number of carbonyl (C=O) groups excluding carboxylic acids is 1. The molecule has 0 aliphatic heterocycles. The number of methoxy groups -OCH3 is 1. The van der Waals surface area contributed by atoms with Gasteiger partial charge in [-0.15, -0.1) is 0 Å². The van der Waals surface area contributed by atoms with Gasteiger partial charge in [0.25, 0.3) is 0 Å². The van der Waals surface area contributed by atoms with Crippen molar-refractivity contribution in [2.45, 2.75) is 25.7 Å². The van der Waals surface area contributed by atoms with Crippen LogP contribution in [0.1, 0.15) is 35.2 Å². The van der Waals surface area contributed by atoms with Crippen LogP contribution in [-0.4, -0.2) is 12.9 Å². The molecule has 2 nitrogen and oxygen atoms in total. The van der Waals surface area contributed by atoms with Crippen LogP contribution < -0.4 is 4.74 Å². The zero-order valence-corrected chi connectivity index (χ0v) is 8.98. The predicted octanol–water partition coefficient (Wildman–Crippen LogP) is 2.88. The van der Waals surface area contributed by atoms with E-state index in [1.54, 1.807) is 0 Å². The number of hydrogen-bond donors (Lipinski definition) is 0. The Balaban J connectivity index is 2.68. The number of carbonyl (C=O) groups is 1. The van der Waals surface area contributed by atoms with Crippen LogP contribution in [0.2, 0.25) is 0 Å². The zero-order valence-electron chi connectivity index (χ0n) is 8.98. The van der Waals surface area contributed by atoms with E-state index in [9.17, 15) is 13.6 Å². The van der Waals surface area contributed by atoms with Gasteiger partial charge in [-0.1, -0.05) is 0 Å². The fourth-order valence-corrected chi connectivity index (χ4v) is 2.07. The van der Waals surface area contributed by atoms with Crippen molar-refractivity contribution in [2.75, 3.05) is 7.11 Å². The highest BCUT2D eigenvalue weighted by atomic mass is 19.2. The molecule has 4 heteroatoms. The van der Waals surface area contributed by atoms with Gasteiger partial charge in [0.15, 0.2) is 17.4 Å². The lowest BCUT2D eigenvalue weighted by atomic mass is 10.00. The second-order valence-corrected chi connectivity index (χ2v) is 3.86. The van der Waals surface area contributed by atoms with Crippen LogP contribution >= 0.6 is 0 Å². The fraction of sp³-hybridized carbons (Fsp3) is 0.417. The summed E-state index contributed by atoms with van der Waals surface area (Å²) in [6.45, 7) is 0. The number of Topliss-reactive ketones (excluding diaryl/α,β-unsaturated/α-hetero) is 1. The van der Waals surface area contributed by atoms with E-state index in [0.717, 1.165) is 12.5 Å². The largest absolute Gasteiger partial charge is 0.496 e. The molecule has 0 saturated carbocycles. The summed E-state index contributed by atoms with van der Waals surface area (Å²) in [4.78, 5) is 11.7. The molecular formula is C12H12F2O2. The first-order valence-corrected chi connectivity index (χ1v) is 5.23. The van der Waals surface area contributed by atoms with E-state index in [4.69, 9.17) is 4.74 Å². The Morgan fingerprint density at radius 1 is 1.25 bits per heavy atom. The van der Waals surface area contributed by atoms with Crippen molar-refractivity contribution in [3.8, 4) is 5.75 Å². The minimum absolute atomic E-state index is 0.116. The van der Waals surface area contributed by atoms with Crippen LogP contribution in [0.5, 0.6) is 5.75 Å². The molecule has 0 atom stereocenters. The summed E-state index contributed by atoms with van der Waals surface area (Å²) in [5.41, 5.74) is 0.387. The van der Waals surface area contributed by atoms with E-state index in [-0.39, 0.29) is 23.5 Å². The first kappa shape index (κ1) is 11.0. The predicted molar refractivity (Wildman–Crippen MR) is 54.8 cm³/mol. The monoisotopic (exact) mass is 226 g/mol. The smallest absolute Gasteiger partial charge is 0.170 e. The number of hydrogen-bond acceptors (Lipinski definition) is 2. The Bertz CT molecular complexity index is 441. The Morgan fingerprint density at radius 2 is 1.94 bits per heavy atom. The fourth-order valence-electron chi connectivity index (χ4n) is 2.07. The summed E-state index contributed by atoms with van der Waals surface area (Å²) in [5.74, 6) is -2.12. The van der Waals surface area contributed by atoms with Gasteiger partial charge in [-0.05, 0) is 19.3 Å². The average Bonchev–Trinajstić information content (AvgIpc) is 2.46. The van der Waals surface area contributed by atoms with Crippen molar-refractivity contribution in [3.05, 3.63) is 28.8 Å². The van der Waals surface area contributed by atoms with E-state index in [1.807, 2.05) is 0 Å². The Morgan fingerprint density at radius 3 is 2.62 bits per heavy atom. The Hall–Kier alpha value is -1.45. The number of rotatable bonds is 1. The number of ether oxygens (including phenoxy) is 1. The van der Waals surface area contributed by atoms with Gasteiger partial charge in [0.05, 0.1) is 12.7 Å². The van der Waals surface area contributed by atoms with Crippen molar-refractivity contribution < 1.29 is 18.3 Å². The lowest BCUT2D eigenvalue weighted by Gasteiger charge is -2.12. The molecule has 0 bridgehead atoms. The van der Waals surface area contributed by atoms with E-state index >= 15 is 0 Å². The molecule has 0 saturated heterocycles. The van der Waals surface area contributed by atoms with Gasteiger partial charge in [-0.3, -0.25) is 4.79 Å². The van der Waals surface area contributed by atoms with Crippen LogP contribution in [-0.2, 0) is 6.42 Å². The van der Waals surface area contributed by atoms with Gasteiger partial charge in [-0.2, -0.15) is 0 Å². The van der Waals surface area contributed by atoms with Crippen LogP contribution in [0.3, 0.4) is 0 Å². The van der Waals surface area contributed by atoms with E-state index in [2.05, 4.69) is 0 Å². The van der Waals surface area contributed by atoms with E-state index in [1.165, 1.54) is 7.11 Å². The average molecular weight is 226 g/mol. The first-order valence-electron chi connectivity index (χ1n) is 5.23. The van der Waals surface area contributed by atoms with Gasteiger partial charge in [0, 0.05) is 18.1 Å². The van der Waals surface area contributed by atoms with Gasteiger partial charge in [0.1, 0.15) is 5.75 Å². The third-order valence-electron chi connectivity index (χ3n) is 2.87. The van der Waals surface area contributed by atoms with E-state index < -0.39 is 11.6 Å². The summed E-state index contributed by atoms with van der Waals surface area (Å²) < 4.78 is 31.8. The van der Waals surface area contributed by atoms with Crippen LogP contribution in [0.15, 0.2) is 6.07 Å². The summed E-state index contributed by atoms with van der Waals surface area (Å²) in [5, 5.41) is 0. The zero-order chi connectivity index (χ0) is 11.7. The molecule has 2 rings (SSSR count). The highest BCUT2D eigenvalue weighted by molar-refractivity contribution is 5.98. The van der Waals surface area contributed by atoms with Gasteiger partial charge < -0.3 is 4.74 Å². The molecule has 86 valence electrons. The maximum absolute atomic E-state index is 13.6. The molecule has 0 N–H and O–H groups in total. The van der Waals surface area contributed by atoms with Crippen LogP contribution in [0.4, 0.5) is 8.78 Å². The molecule has 0 heterocycles. The second-order valence-electron chi connectivity index (χ2n) is 3.86. The summed E-state index contributed by atoms with van der Waals surface area (Å²) >= 11 is 0. The normalized spacial score (nSPS) is 15.6. The molecule has 0 unspecified atom stereocenters. The summed E-state index contributed by atoms with van der Waals surface area (Å²) in [6.07, 6.45) is 2.33. The van der Waals surface area contributed by atoms with Crippen molar-refractivity contribution in [3.63, 3.8) is 0 Å². The molecule has 1 aromatic rings. The topological polar surface area (TPSA) is 26.3 Å². The molecule has 0 spiro atoms. The number of benzene rings is 1. The second kappa shape index (κ2) is 4.20. The standard InChI is InChI=1S/C12H12F2O2/c1-16-10-6-8(13)12(14)11-7(10)4-2-3-5-9(11)15/h6H,2-5H2,1H3. The quantitative estimate of drug-likeness (QED) is 0.688. The molecular weight excluding hydrogens is 214 g/mol. The molecule has 0 fully saturated rings. The number of ketones is 1. The van der Waals surface area contributed by atoms with Crippen molar-refractivity contribution >= 4 is 5.78 Å². The molecule has 16 heavy (non-hydrogen) atoms. The molecule has 1 aromatic carbocycles. The molecule has 0 radical (unpaired) electrons. The maximum atomic E-state index is 13.6. The van der Waals surface area contributed by atoms with Gasteiger partial charge in [0.2, 0.25) is 0 Å². The third-order valence-corrected chi connectivity index (χ3v) is 2.87. The lowest BCUT2D eigenvalue weighted by Crippen LogP contribution is -2.08. The Kier molecular flexibility index (Phi) is 2.90. The minimum atomic E-state index is -1.04. The van der Waals surface area contributed by atoms with Crippen LogP contribution in [0.25, 0.3) is 0 Å². The summed E-state index contributed by atoms with van der Waals surface area (Å²) in [7, 11) is 1.39. The van der Waals surface area contributed by atoms with E-state index in [0.29, 0.717) is 18.4 Å². The highest BCUT2D eigenvalue weighted by Gasteiger charge is 2.25.